The maximum Gasteiger partial charge on any atom is 0.227 e. The zero-order valence-electron chi connectivity index (χ0n) is 20.0. The standard InChI is InChI=1S/C28H24F2N4O3/c1-37-20-7-8-23(30)21(13-20)26-22(28(10-11-28)27(31)36)14-25(35)33(26)19-6-9-24-16(12-19)15-32-34(24)18-4-2-17(29)3-5-18/h2-9,12-13,15,22,26H,10-11,14H2,1H3,(H2,31,36)/t22-,26+/m0/s1. The number of anilines is 1. The highest BCUT2D eigenvalue weighted by Crippen LogP contribution is 2.61. The van der Waals surface area contributed by atoms with Gasteiger partial charge in [0.15, 0.2) is 0 Å². The van der Waals surface area contributed by atoms with Crippen molar-refractivity contribution in [1.29, 1.82) is 0 Å². The summed E-state index contributed by atoms with van der Waals surface area (Å²) >= 11 is 0. The molecule has 1 saturated heterocycles. The van der Waals surface area contributed by atoms with E-state index in [1.165, 1.54) is 31.4 Å². The molecule has 1 saturated carbocycles. The highest BCUT2D eigenvalue weighted by Gasteiger charge is 2.61. The maximum atomic E-state index is 15.3. The summed E-state index contributed by atoms with van der Waals surface area (Å²) in [6.45, 7) is 0. The minimum absolute atomic E-state index is 0.0805. The Kier molecular flexibility index (Phi) is 5.25. The van der Waals surface area contributed by atoms with Crippen LogP contribution in [0.4, 0.5) is 14.5 Å². The van der Waals surface area contributed by atoms with Gasteiger partial charge in [-0.25, -0.2) is 13.5 Å². The summed E-state index contributed by atoms with van der Waals surface area (Å²) in [5.74, 6) is -1.52. The van der Waals surface area contributed by atoms with Crippen LogP contribution in [0.2, 0.25) is 0 Å². The second kappa shape index (κ2) is 8.40. The molecule has 1 aliphatic heterocycles. The fourth-order valence-corrected chi connectivity index (χ4v) is 5.66. The van der Waals surface area contributed by atoms with Crippen molar-refractivity contribution in [1.82, 2.24) is 9.78 Å². The molecule has 0 spiro atoms. The van der Waals surface area contributed by atoms with Gasteiger partial charge in [-0.3, -0.25) is 9.59 Å². The molecule has 2 fully saturated rings. The van der Waals surface area contributed by atoms with E-state index in [1.54, 1.807) is 40.0 Å². The topological polar surface area (TPSA) is 90.4 Å². The Bertz CT molecular complexity index is 1550. The molecule has 2 heterocycles. The lowest BCUT2D eigenvalue weighted by atomic mass is 9.79. The zero-order valence-corrected chi connectivity index (χ0v) is 20.0. The average Bonchev–Trinajstić information content (AvgIpc) is 3.49. The van der Waals surface area contributed by atoms with Crippen LogP contribution in [0.25, 0.3) is 16.6 Å². The van der Waals surface area contributed by atoms with Crippen LogP contribution in [0.15, 0.2) is 66.9 Å². The number of carbonyl (C=O) groups is 2. The van der Waals surface area contributed by atoms with E-state index in [0.29, 0.717) is 30.0 Å². The number of benzene rings is 3. The van der Waals surface area contributed by atoms with Crippen LogP contribution in [0, 0.1) is 23.0 Å². The van der Waals surface area contributed by atoms with Crippen LogP contribution in [0.1, 0.15) is 30.9 Å². The van der Waals surface area contributed by atoms with Crippen molar-refractivity contribution in [3.05, 3.63) is 84.1 Å². The normalized spacial score (nSPS) is 20.4. The molecular formula is C28H24F2N4O3. The summed E-state index contributed by atoms with van der Waals surface area (Å²) in [7, 11) is 1.49. The number of amides is 2. The number of halogens is 2. The average molecular weight is 503 g/mol. The lowest BCUT2D eigenvalue weighted by Crippen LogP contribution is -2.36. The van der Waals surface area contributed by atoms with Crippen molar-refractivity contribution in [2.75, 3.05) is 12.0 Å². The minimum atomic E-state index is -0.845. The summed E-state index contributed by atoms with van der Waals surface area (Å²) in [5, 5.41) is 5.19. The van der Waals surface area contributed by atoms with E-state index < -0.39 is 29.1 Å². The molecule has 4 aromatic rings. The number of ether oxygens (including phenoxy) is 1. The summed E-state index contributed by atoms with van der Waals surface area (Å²) in [6.07, 6.45) is 2.88. The summed E-state index contributed by atoms with van der Waals surface area (Å²) in [6, 6.07) is 15.1. The van der Waals surface area contributed by atoms with Crippen LogP contribution < -0.4 is 15.4 Å². The number of hydrogen-bond donors (Lipinski definition) is 1. The number of hydrogen-bond acceptors (Lipinski definition) is 4. The van der Waals surface area contributed by atoms with Gasteiger partial charge in [0.2, 0.25) is 11.8 Å². The number of nitrogens with zero attached hydrogens (tertiary/aromatic N) is 3. The van der Waals surface area contributed by atoms with Crippen molar-refractivity contribution in [2.45, 2.75) is 25.3 Å². The molecule has 0 unspecified atom stereocenters. The molecule has 1 aliphatic carbocycles. The Hall–Kier alpha value is -4.27. The third-order valence-electron chi connectivity index (χ3n) is 7.73. The van der Waals surface area contributed by atoms with Gasteiger partial charge in [-0.15, -0.1) is 0 Å². The molecule has 3 aromatic carbocycles. The van der Waals surface area contributed by atoms with Gasteiger partial charge in [-0.05, 0) is 73.5 Å². The van der Waals surface area contributed by atoms with Crippen molar-refractivity contribution >= 4 is 28.4 Å². The number of primary amides is 1. The van der Waals surface area contributed by atoms with Crippen molar-refractivity contribution < 1.29 is 23.1 Å². The number of carbonyl (C=O) groups excluding carboxylic acids is 2. The largest absolute Gasteiger partial charge is 0.497 e. The molecule has 7 nitrogen and oxygen atoms in total. The Morgan fingerprint density at radius 1 is 1.05 bits per heavy atom. The molecule has 9 heteroatoms. The van der Waals surface area contributed by atoms with Crippen LogP contribution in [0.5, 0.6) is 5.75 Å². The number of methoxy groups -OCH3 is 1. The Labute approximate surface area is 211 Å². The van der Waals surface area contributed by atoms with Crippen LogP contribution >= 0.6 is 0 Å². The number of nitrogens with two attached hydrogens (primary N) is 1. The van der Waals surface area contributed by atoms with Gasteiger partial charge in [-0.1, -0.05) is 0 Å². The van der Waals surface area contributed by atoms with E-state index in [9.17, 15) is 14.0 Å². The molecule has 2 atom stereocenters. The molecule has 6 rings (SSSR count). The monoisotopic (exact) mass is 502 g/mol. The van der Waals surface area contributed by atoms with Gasteiger partial charge >= 0.3 is 0 Å². The molecule has 2 aliphatic rings. The van der Waals surface area contributed by atoms with E-state index >= 15 is 4.39 Å². The van der Waals surface area contributed by atoms with Gasteiger partial charge < -0.3 is 15.4 Å². The van der Waals surface area contributed by atoms with E-state index in [0.717, 1.165) is 10.9 Å². The lowest BCUT2D eigenvalue weighted by Gasteiger charge is -2.32. The van der Waals surface area contributed by atoms with Crippen LogP contribution in [-0.4, -0.2) is 28.7 Å². The Morgan fingerprint density at radius 3 is 2.46 bits per heavy atom. The van der Waals surface area contributed by atoms with Crippen molar-refractivity contribution in [3.63, 3.8) is 0 Å². The molecule has 2 amide bonds. The highest BCUT2D eigenvalue weighted by molar-refractivity contribution is 6.00. The predicted molar refractivity (Wildman–Crippen MR) is 133 cm³/mol. The highest BCUT2D eigenvalue weighted by atomic mass is 19.1. The Balaban J connectivity index is 1.47. The second-order valence-electron chi connectivity index (χ2n) is 9.70. The summed E-state index contributed by atoms with van der Waals surface area (Å²) < 4.78 is 35.7. The smallest absolute Gasteiger partial charge is 0.227 e. The molecule has 37 heavy (non-hydrogen) atoms. The van der Waals surface area contributed by atoms with Crippen molar-refractivity contribution in [3.8, 4) is 11.4 Å². The third kappa shape index (κ3) is 3.64. The van der Waals surface area contributed by atoms with E-state index in [1.807, 2.05) is 12.1 Å². The van der Waals surface area contributed by atoms with E-state index in [4.69, 9.17) is 10.5 Å². The number of fused-ring (bicyclic) bond motifs is 1. The zero-order chi connectivity index (χ0) is 25.9. The first-order valence-electron chi connectivity index (χ1n) is 12.0. The fraction of sp³-hybridized carbons (Fsp3) is 0.250. The van der Waals surface area contributed by atoms with Gasteiger partial charge in [-0.2, -0.15) is 5.10 Å². The molecule has 188 valence electrons. The van der Waals surface area contributed by atoms with Crippen LogP contribution in [0.3, 0.4) is 0 Å². The molecular weight excluding hydrogens is 478 g/mol. The van der Waals surface area contributed by atoms with Gasteiger partial charge in [0, 0.05) is 29.0 Å². The molecule has 1 aromatic heterocycles. The second-order valence-corrected chi connectivity index (χ2v) is 9.70. The minimum Gasteiger partial charge on any atom is -0.497 e. The maximum absolute atomic E-state index is 15.3. The first kappa shape index (κ1) is 23.1. The third-order valence-corrected chi connectivity index (χ3v) is 7.73. The molecule has 0 radical (unpaired) electrons. The number of aromatic nitrogens is 2. The van der Waals surface area contributed by atoms with Crippen LogP contribution in [-0.2, 0) is 9.59 Å². The van der Waals surface area contributed by atoms with Gasteiger partial charge in [0.1, 0.15) is 17.4 Å². The van der Waals surface area contributed by atoms with E-state index in [-0.39, 0.29) is 23.7 Å². The first-order valence-corrected chi connectivity index (χ1v) is 12.0. The molecule has 2 N–H and O–H groups in total. The molecule has 0 bridgehead atoms. The van der Waals surface area contributed by atoms with Gasteiger partial charge in [0.05, 0.1) is 36.0 Å². The summed E-state index contributed by atoms with van der Waals surface area (Å²) in [5.41, 5.74) is 7.25. The predicted octanol–water partition coefficient (Wildman–Crippen LogP) is 4.67. The first-order chi connectivity index (χ1) is 17.8. The van der Waals surface area contributed by atoms with E-state index in [2.05, 4.69) is 5.10 Å². The van der Waals surface area contributed by atoms with Crippen molar-refractivity contribution in [2.24, 2.45) is 17.1 Å². The Morgan fingerprint density at radius 2 is 1.78 bits per heavy atom. The quantitative estimate of drug-likeness (QED) is 0.415. The number of rotatable bonds is 6. The lowest BCUT2D eigenvalue weighted by molar-refractivity contribution is -0.125. The fourth-order valence-electron chi connectivity index (χ4n) is 5.66. The van der Waals surface area contributed by atoms with Gasteiger partial charge in [0.25, 0.3) is 0 Å². The summed E-state index contributed by atoms with van der Waals surface area (Å²) in [4.78, 5) is 27.5. The SMILES string of the molecule is COc1ccc(F)c([C@@H]2[C@@H](C3(C(N)=O)CC3)CC(=O)N2c2ccc3c(cnn3-c3ccc(F)cc3)c2)c1.